The highest BCUT2D eigenvalue weighted by atomic mass is 16.7. The fraction of sp³-hybridized carbons (Fsp3) is 0.778. The topological polar surface area (TPSA) is 38.7 Å². The van der Waals surface area contributed by atoms with E-state index in [1.807, 2.05) is 6.92 Å². The smallest absolute Gasteiger partial charge is 0.250 e. The molecule has 0 fully saturated rings. The summed E-state index contributed by atoms with van der Waals surface area (Å²) in [5.41, 5.74) is 0. The van der Waals surface area contributed by atoms with Crippen molar-refractivity contribution in [2.45, 2.75) is 33.0 Å². The first-order valence-electron chi connectivity index (χ1n) is 4.29. The second-order valence-electron chi connectivity index (χ2n) is 3.29. The molecule has 3 nitrogen and oxygen atoms in total. The summed E-state index contributed by atoms with van der Waals surface area (Å²) in [6.45, 7) is 5.94. The van der Waals surface area contributed by atoms with E-state index in [-0.39, 0.29) is 6.61 Å². The van der Waals surface area contributed by atoms with Gasteiger partial charge in [-0.15, -0.1) is 0 Å². The summed E-state index contributed by atoms with van der Waals surface area (Å²) in [7, 11) is 0. The highest BCUT2D eigenvalue weighted by Crippen LogP contribution is 2.33. The van der Waals surface area contributed by atoms with Crippen LogP contribution in [0.5, 0.6) is 0 Å². The molecule has 2 atom stereocenters. The lowest BCUT2D eigenvalue weighted by Crippen LogP contribution is -2.34. The molecule has 1 rings (SSSR count). The highest BCUT2D eigenvalue weighted by molar-refractivity contribution is 4.97. The van der Waals surface area contributed by atoms with Crippen LogP contribution in [-0.4, -0.2) is 17.5 Å². The number of hydrogen-bond acceptors (Lipinski definition) is 3. The zero-order valence-electron chi connectivity index (χ0n) is 7.83. The molecule has 12 heavy (non-hydrogen) atoms. The van der Waals surface area contributed by atoms with E-state index in [9.17, 15) is 0 Å². The molecule has 0 saturated heterocycles. The van der Waals surface area contributed by atoms with E-state index >= 15 is 0 Å². The molecule has 2 unspecified atom stereocenters. The maximum Gasteiger partial charge on any atom is 0.250 e. The molecule has 0 bridgehead atoms. The maximum atomic E-state index is 8.78. The van der Waals surface area contributed by atoms with Crippen molar-refractivity contribution in [2.24, 2.45) is 5.92 Å². The standard InChI is InChI=1S/C9H16O3/c1-4-7(2)9(3)11-6-8(5-10)12-9/h6-7,10H,4-5H2,1-3H3. The molecule has 0 radical (unpaired) electrons. The third kappa shape index (κ3) is 1.55. The first kappa shape index (κ1) is 9.39. The minimum Gasteiger partial charge on any atom is -0.456 e. The molecule has 0 aromatic carbocycles. The Morgan fingerprint density at radius 2 is 2.33 bits per heavy atom. The van der Waals surface area contributed by atoms with Crippen molar-refractivity contribution in [1.29, 1.82) is 0 Å². The van der Waals surface area contributed by atoms with Crippen LogP contribution in [0.25, 0.3) is 0 Å². The summed E-state index contributed by atoms with van der Waals surface area (Å²) < 4.78 is 10.8. The van der Waals surface area contributed by atoms with E-state index < -0.39 is 5.79 Å². The molecule has 1 aliphatic rings. The summed E-state index contributed by atoms with van der Waals surface area (Å²) in [6.07, 6.45) is 2.48. The predicted molar refractivity (Wildman–Crippen MR) is 45.2 cm³/mol. The van der Waals surface area contributed by atoms with E-state index in [1.54, 1.807) is 0 Å². The van der Waals surface area contributed by atoms with E-state index in [0.717, 1.165) is 6.42 Å². The average Bonchev–Trinajstić information content (AvgIpc) is 2.47. The van der Waals surface area contributed by atoms with Crippen LogP contribution < -0.4 is 0 Å². The highest BCUT2D eigenvalue weighted by Gasteiger charge is 2.38. The van der Waals surface area contributed by atoms with Gasteiger partial charge < -0.3 is 14.6 Å². The van der Waals surface area contributed by atoms with Gasteiger partial charge in [0.15, 0.2) is 5.76 Å². The van der Waals surface area contributed by atoms with E-state index in [1.165, 1.54) is 6.26 Å². The number of rotatable bonds is 3. The molecule has 0 aromatic heterocycles. The Morgan fingerprint density at radius 1 is 1.67 bits per heavy atom. The van der Waals surface area contributed by atoms with Crippen LogP contribution in [0, 0.1) is 5.92 Å². The third-order valence-electron chi connectivity index (χ3n) is 2.42. The van der Waals surface area contributed by atoms with Gasteiger partial charge in [-0.05, 0) is 6.42 Å². The lowest BCUT2D eigenvalue weighted by Gasteiger charge is -2.29. The number of aliphatic hydroxyl groups excluding tert-OH is 1. The molecule has 1 aliphatic heterocycles. The van der Waals surface area contributed by atoms with Crippen LogP contribution >= 0.6 is 0 Å². The number of aliphatic hydroxyl groups is 1. The zero-order chi connectivity index (χ0) is 9.19. The Bertz CT molecular complexity index is 188. The van der Waals surface area contributed by atoms with Crippen molar-refractivity contribution < 1.29 is 14.6 Å². The Hall–Kier alpha value is -0.700. The van der Waals surface area contributed by atoms with Crippen molar-refractivity contribution in [1.82, 2.24) is 0 Å². The van der Waals surface area contributed by atoms with Crippen LogP contribution in [0.1, 0.15) is 27.2 Å². The first-order chi connectivity index (χ1) is 5.62. The molecule has 3 heteroatoms. The van der Waals surface area contributed by atoms with E-state index in [2.05, 4.69) is 13.8 Å². The van der Waals surface area contributed by atoms with Gasteiger partial charge in [0.05, 0.1) is 0 Å². The fourth-order valence-electron chi connectivity index (χ4n) is 1.15. The monoisotopic (exact) mass is 172 g/mol. The number of hydrogen-bond donors (Lipinski definition) is 1. The van der Waals surface area contributed by atoms with Crippen molar-refractivity contribution in [3.05, 3.63) is 12.0 Å². The van der Waals surface area contributed by atoms with Gasteiger partial charge in [-0.25, -0.2) is 0 Å². The molecule has 0 amide bonds. The molecule has 70 valence electrons. The second-order valence-corrected chi connectivity index (χ2v) is 3.29. The van der Waals surface area contributed by atoms with Gasteiger partial charge in [0.25, 0.3) is 0 Å². The lowest BCUT2D eigenvalue weighted by atomic mass is 10.00. The molecular formula is C9H16O3. The van der Waals surface area contributed by atoms with Gasteiger partial charge in [-0.3, -0.25) is 0 Å². The van der Waals surface area contributed by atoms with Crippen LogP contribution in [0.3, 0.4) is 0 Å². The summed E-state index contributed by atoms with van der Waals surface area (Å²) in [5.74, 6) is 0.253. The molecule has 0 saturated carbocycles. The van der Waals surface area contributed by atoms with Gasteiger partial charge in [0, 0.05) is 12.8 Å². The third-order valence-corrected chi connectivity index (χ3v) is 2.42. The Morgan fingerprint density at radius 3 is 2.75 bits per heavy atom. The summed E-state index contributed by atoms with van der Waals surface area (Å²) >= 11 is 0. The quantitative estimate of drug-likeness (QED) is 0.703. The summed E-state index contributed by atoms with van der Waals surface area (Å²) in [4.78, 5) is 0. The first-order valence-corrected chi connectivity index (χ1v) is 4.29. The number of ether oxygens (including phenoxy) is 2. The van der Waals surface area contributed by atoms with E-state index in [0.29, 0.717) is 11.7 Å². The normalized spacial score (nSPS) is 30.5. The SMILES string of the molecule is CCC(C)C1(C)OC=C(CO)O1. The minimum atomic E-state index is -0.577. The Balaban J connectivity index is 2.56. The van der Waals surface area contributed by atoms with Gasteiger partial charge in [-0.1, -0.05) is 13.8 Å². The van der Waals surface area contributed by atoms with Gasteiger partial charge in [-0.2, -0.15) is 0 Å². The van der Waals surface area contributed by atoms with Gasteiger partial charge >= 0.3 is 0 Å². The van der Waals surface area contributed by atoms with Crippen molar-refractivity contribution >= 4 is 0 Å². The Labute approximate surface area is 73.0 Å². The predicted octanol–water partition coefficient (Wildman–Crippen LogP) is 1.63. The van der Waals surface area contributed by atoms with E-state index in [4.69, 9.17) is 14.6 Å². The molecule has 0 aliphatic carbocycles. The second kappa shape index (κ2) is 3.35. The van der Waals surface area contributed by atoms with Crippen LogP contribution in [0.2, 0.25) is 0 Å². The fourth-order valence-corrected chi connectivity index (χ4v) is 1.15. The van der Waals surface area contributed by atoms with Gasteiger partial charge in [0.2, 0.25) is 5.79 Å². The van der Waals surface area contributed by atoms with Gasteiger partial charge in [0.1, 0.15) is 12.9 Å². The molecule has 1 heterocycles. The zero-order valence-corrected chi connectivity index (χ0v) is 7.83. The largest absolute Gasteiger partial charge is 0.456 e. The average molecular weight is 172 g/mol. The van der Waals surface area contributed by atoms with Crippen LogP contribution in [0.15, 0.2) is 12.0 Å². The van der Waals surface area contributed by atoms with Crippen LogP contribution in [-0.2, 0) is 9.47 Å². The summed E-state index contributed by atoms with van der Waals surface area (Å²) in [6, 6.07) is 0. The van der Waals surface area contributed by atoms with Crippen molar-refractivity contribution in [2.75, 3.05) is 6.61 Å². The molecule has 0 aromatic rings. The maximum absolute atomic E-state index is 8.78. The van der Waals surface area contributed by atoms with Crippen molar-refractivity contribution in [3.63, 3.8) is 0 Å². The van der Waals surface area contributed by atoms with Crippen molar-refractivity contribution in [3.8, 4) is 0 Å². The molecular weight excluding hydrogens is 156 g/mol. The van der Waals surface area contributed by atoms with Crippen LogP contribution in [0.4, 0.5) is 0 Å². The Kier molecular flexibility index (Phi) is 2.62. The molecule has 1 N–H and O–H groups in total. The summed E-state index contributed by atoms with van der Waals surface area (Å²) in [5, 5.41) is 8.78. The minimum absolute atomic E-state index is 0.0912. The lowest BCUT2D eigenvalue weighted by molar-refractivity contribution is -0.171. The molecule has 0 spiro atoms.